The second kappa shape index (κ2) is 8.86. The van der Waals surface area contributed by atoms with Gasteiger partial charge in [0.05, 0.1) is 6.54 Å². The van der Waals surface area contributed by atoms with Crippen molar-refractivity contribution in [2.45, 2.75) is 56.6 Å². The lowest BCUT2D eigenvalue weighted by Crippen LogP contribution is -2.50. The van der Waals surface area contributed by atoms with Crippen LogP contribution < -0.4 is 14.8 Å². The summed E-state index contributed by atoms with van der Waals surface area (Å²) in [5.74, 6) is 0.964. The molecule has 1 N–H and O–H groups in total. The van der Waals surface area contributed by atoms with E-state index in [1.807, 2.05) is 23.1 Å². The molecule has 3 aliphatic rings. The molecule has 11 heteroatoms. The van der Waals surface area contributed by atoms with E-state index >= 15 is 0 Å². The van der Waals surface area contributed by atoms with Crippen LogP contribution in [0.5, 0.6) is 11.5 Å². The Morgan fingerprint density at radius 2 is 1.76 bits per heavy atom. The Morgan fingerprint density at radius 1 is 1.06 bits per heavy atom. The molecule has 0 unspecified atom stereocenters. The highest BCUT2D eigenvalue weighted by Crippen LogP contribution is 2.46. The average molecular weight is 491 g/mol. The van der Waals surface area contributed by atoms with Crippen LogP contribution in [-0.2, 0) is 14.8 Å². The van der Waals surface area contributed by atoms with E-state index in [9.17, 15) is 13.2 Å². The third-order valence-electron chi connectivity index (χ3n) is 6.70. The Hall–Kier alpha value is -2.63. The van der Waals surface area contributed by atoms with Crippen LogP contribution in [-0.4, -0.2) is 67.2 Å². The standard InChI is InChI=1S/C23H30N4O6S/c1-16-22(17(2)33-25-16)34(29,30)27-12-10-26(11-13-27)15-21(28)24-18-6-7-19-20(14-18)32-23(31-19)8-4-3-5-9-23/h6-7,14H,3-5,8-13,15H2,1-2H3,(H,24,28). The number of ether oxygens (including phenoxy) is 2. The van der Waals surface area contributed by atoms with Crippen molar-refractivity contribution in [3.63, 3.8) is 0 Å². The number of carbonyl (C=O) groups excluding carboxylic acids is 1. The fourth-order valence-corrected chi connectivity index (χ4v) is 6.68. The lowest BCUT2D eigenvalue weighted by molar-refractivity contribution is -0.117. The van der Waals surface area contributed by atoms with Crippen molar-refractivity contribution in [2.75, 3.05) is 38.0 Å². The normalized spacial score (nSPS) is 20.5. The van der Waals surface area contributed by atoms with Crippen LogP contribution in [0.2, 0.25) is 0 Å². The molecule has 0 bridgehead atoms. The number of rotatable bonds is 5. The van der Waals surface area contributed by atoms with E-state index in [2.05, 4.69) is 10.5 Å². The van der Waals surface area contributed by atoms with Gasteiger partial charge >= 0.3 is 0 Å². The molecule has 0 atom stereocenters. The Kier molecular flexibility index (Phi) is 6.03. The van der Waals surface area contributed by atoms with Crippen LogP contribution in [0.25, 0.3) is 0 Å². The molecular formula is C23H30N4O6S. The van der Waals surface area contributed by atoms with Gasteiger partial charge in [-0.05, 0) is 38.8 Å². The van der Waals surface area contributed by atoms with E-state index in [-0.39, 0.29) is 23.1 Å². The Morgan fingerprint density at radius 3 is 2.44 bits per heavy atom. The van der Waals surface area contributed by atoms with Gasteiger partial charge in [0.25, 0.3) is 5.79 Å². The van der Waals surface area contributed by atoms with Crippen LogP contribution in [0, 0.1) is 13.8 Å². The third kappa shape index (κ3) is 4.39. The molecule has 1 aromatic carbocycles. The van der Waals surface area contributed by atoms with Crippen LogP contribution in [0.1, 0.15) is 43.6 Å². The van der Waals surface area contributed by atoms with Crippen molar-refractivity contribution >= 4 is 21.6 Å². The molecule has 10 nitrogen and oxygen atoms in total. The number of anilines is 1. The van der Waals surface area contributed by atoms with E-state index in [1.54, 1.807) is 13.8 Å². The fourth-order valence-electron chi connectivity index (χ4n) is 4.97. The lowest BCUT2D eigenvalue weighted by Gasteiger charge is -2.33. The summed E-state index contributed by atoms with van der Waals surface area (Å²) in [4.78, 5) is 14.7. The number of benzene rings is 1. The molecule has 2 fully saturated rings. The third-order valence-corrected chi connectivity index (χ3v) is 8.84. The number of hydrogen-bond donors (Lipinski definition) is 1. The number of nitrogens with one attached hydrogen (secondary N) is 1. The largest absolute Gasteiger partial charge is 0.448 e. The molecule has 5 rings (SSSR count). The van der Waals surface area contributed by atoms with Gasteiger partial charge in [0.2, 0.25) is 15.9 Å². The SMILES string of the molecule is Cc1noc(C)c1S(=O)(=O)N1CCN(CC(=O)Nc2ccc3c(c2)OC2(CCCCC2)O3)CC1. The molecule has 2 aromatic rings. The molecule has 3 heterocycles. The molecule has 1 amide bonds. The molecular weight excluding hydrogens is 460 g/mol. The maximum atomic E-state index is 13.0. The number of fused-ring (bicyclic) bond motifs is 1. The lowest BCUT2D eigenvalue weighted by atomic mass is 9.94. The minimum Gasteiger partial charge on any atom is -0.448 e. The van der Waals surface area contributed by atoms with Crippen LogP contribution in [0.3, 0.4) is 0 Å². The molecule has 1 aliphatic carbocycles. The molecule has 34 heavy (non-hydrogen) atoms. The summed E-state index contributed by atoms with van der Waals surface area (Å²) in [7, 11) is -3.67. The maximum Gasteiger partial charge on any atom is 0.251 e. The number of nitrogens with zero attached hydrogens (tertiary/aromatic N) is 3. The molecule has 184 valence electrons. The van der Waals surface area contributed by atoms with Gasteiger partial charge in [0, 0.05) is 50.8 Å². The topological polar surface area (TPSA) is 114 Å². The maximum absolute atomic E-state index is 13.0. The summed E-state index contributed by atoms with van der Waals surface area (Å²) in [6.07, 6.45) is 5.13. The summed E-state index contributed by atoms with van der Waals surface area (Å²) in [5.41, 5.74) is 1.01. The molecule has 1 spiro atoms. The minimum absolute atomic E-state index is 0.136. The number of aromatic nitrogens is 1. The number of amides is 1. The Balaban J connectivity index is 1.15. The van der Waals surface area contributed by atoms with E-state index in [0.29, 0.717) is 43.3 Å². The molecule has 1 saturated carbocycles. The highest BCUT2D eigenvalue weighted by atomic mass is 32.2. The zero-order valence-corrected chi connectivity index (χ0v) is 20.3. The second-order valence-corrected chi connectivity index (χ2v) is 11.1. The highest BCUT2D eigenvalue weighted by molar-refractivity contribution is 7.89. The number of sulfonamides is 1. The average Bonchev–Trinajstić information content (AvgIpc) is 3.33. The van der Waals surface area contributed by atoms with Crippen molar-refractivity contribution in [1.29, 1.82) is 0 Å². The molecule has 0 radical (unpaired) electrons. The van der Waals surface area contributed by atoms with E-state index in [0.717, 1.165) is 31.4 Å². The first kappa shape index (κ1) is 23.1. The van der Waals surface area contributed by atoms with Gasteiger partial charge in [-0.1, -0.05) is 11.6 Å². The quantitative estimate of drug-likeness (QED) is 0.681. The fraction of sp³-hybridized carbons (Fsp3) is 0.565. The molecule has 1 saturated heterocycles. The number of aryl methyl sites for hydroxylation is 2. The summed E-state index contributed by atoms with van der Waals surface area (Å²) < 4.78 is 44.6. The first-order valence-electron chi connectivity index (χ1n) is 11.7. The van der Waals surface area contributed by atoms with Crippen molar-refractivity contribution in [2.24, 2.45) is 0 Å². The van der Waals surface area contributed by atoms with E-state index < -0.39 is 15.8 Å². The summed E-state index contributed by atoms with van der Waals surface area (Å²) in [6, 6.07) is 5.47. The summed E-state index contributed by atoms with van der Waals surface area (Å²) in [6.45, 7) is 4.90. The van der Waals surface area contributed by atoms with Crippen molar-refractivity contribution in [1.82, 2.24) is 14.4 Å². The van der Waals surface area contributed by atoms with Crippen molar-refractivity contribution in [3.8, 4) is 11.5 Å². The van der Waals surface area contributed by atoms with Crippen LogP contribution >= 0.6 is 0 Å². The summed E-state index contributed by atoms with van der Waals surface area (Å²) >= 11 is 0. The van der Waals surface area contributed by atoms with Gasteiger partial charge in [0.15, 0.2) is 17.3 Å². The molecule has 2 aliphatic heterocycles. The van der Waals surface area contributed by atoms with Crippen molar-refractivity contribution < 1.29 is 27.2 Å². The van der Waals surface area contributed by atoms with Gasteiger partial charge in [-0.2, -0.15) is 4.31 Å². The van der Waals surface area contributed by atoms with Gasteiger partial charge < -0.3 is 19.3 Å². The number of piperazine rings is 1. The highest BCUT2D eigenvalue weighted by Gasteiger charge is 2.42. The predicted molar refractivity (Wildman–Crippen MR) is 123 cm³/mol. The van der Waals surface area contributed by atoms with Gasteiger partial charge in [-0.15, -0.1) is 0 Å². The first-order valence-corrected chi connectivity index (χ1v) is 13.2. The van der Waals surface area contributed by atoms with E-state index in [1.165, 1.54) is 10.7 Å². The van der Waals surface area contributed by atoms with Gasteiger partial charge in [-0.3, -0.25) is 9.69 Å². The minimum atomic E-state index is -3.67. The molecule has 1 aromatic heterocycles. The number of carbonyl (C=O) groups is 1. The van der Waals surface area contributed by atoms with Crippen molar-refractivity contribution in [3.05, 3.63) is 29.7 Å². The second-order valence-electron chi connectivity index (χ2n) is 9.22. The van der Waals surface area contributed by atoms with Gasteiger partial charge in [-0.25, -0.2) is 8.42 Å². The first-order chi connectivity index (χ1) is 16.3. The monoisotopic (exact) mass is 490 g/mol. The Labute approximate surface area is 199 Å². The predicted octanol–water partition coefficient (Wildman–Crippen LogP) is 2.67. The van der Waals surface area contributed by atoms with Crippen LogP contribution in [0.15, 0.2) is 27.6 Å². The Bertz CT molecular complexity index is 1160. The zero-order chi connectivity index (χ0) is 23.9. The van der Waals surface area contributed by atoms with Crippen LogP contribution in [0.4, 0.5) is 5.69 Å². The van der Waals surface area contributed by atoms with Gasteiger partial charge in [0.1, 0.15) is 10.6 Å². The zero-order valence-electron chi connectivity index (χ0n) is 19.5. The smallest absolute Gasteiger partial charge is 0.251 e. The number of hydrogen-bond acceptors (Lipinski definition) is 8. The summed E-state index contributed by atoms with van der Waals surface area (Å²) in [5, 5.41) is 6.68. The van der Waals surface area contributed by atoms with E-state index in [4.69, 9.17) is 14.0 Å².